The van der Waals surface area contributed by atoms with Crippen molar-refractivity contribution in [3.8, 4) is 0 Å². The van der Waals surface area contributed by atoms with Crippen LogP contribution in [0.5, 0.6) is 0 Å². The Kier molecular flexibility index (Phi) is 6.37. The molecule has 0 atom stereocenters. The number of hydrogen-bond acceptors (Lipinski definition) is 3. The van der Waals surface area contributed by atoms with E-state index < -0.39 is 0 Å². The molecule has 1 rings (SSSR count). The second-order valence-corrected chi connectivity index (χ2v) is 2.17. The zero-order valence-electron chi connectivity index (χ0n) is 6.41. The molecule has 1 aliphatic heterocycles. The second-order valence-electron chi connectivity index (χ2n) is 2.17. The van der Waals surface area contributed by atoms with Crippen LogP contribution in [-0.2, 0) is 14.3 Å². The van der Waals surface area contributed by atoms with E-state index in [1.165, 1.54) is 0 Å². The number of primary amides is 1. The fraction of sp³-hybridized carbons (Fsp3) is 0.714. The van der Waals surface area contributed by atoms with Gasteiger partial charge in [0.25, 0.3) is 0 Å². The van der Waals surface area contributed by atoms with Gasteiger partial charge in [0.05, 0.1) is 6.61 Å². The van der Waals surface area contributed by atoms with E-state index in [0.717, 1.165) is 19.3 Å². The minimum Gasteiger partial charge on any atom is -0.466 e. The normalized spacial score (nSPS) is 16.9. The van der Waals surface area contributed by atoms with Gasteiger partial charge in [-0.2, -0.15) is 0 Å². The van der Waals surface area contributed by atoms with Gasteiger partial charge in [0.2, 0.25) is 6.41 Å². The summed E-state index contributed by atoms with van der Waals surface area (Å²) in [5, 5.41) is 0. The molecule has 1 aliphatic rings. The lowest BCUT2D eigenvalue weighted by molar-refractivity contribution is -0.142. The van der Waals surface area contributed by atoms with Crippen LogP contribution >= 0.6 is 0 Å². The van der Waals surface area contributed by atoms with Crippen molar-refractivity contribution >= 4 is 12.4 Å². The molecule has 0 spiro atoms. The Morgan fingerprint density at radius 3 is 2.64 bits per heavy atom. The molecule has 1 heterocycles. The van der Waals surface area contributed by atoms with Crippen molar-refractivity contribution in [1.82, 2.24) is 0 Å². The van der Waals surface area contributed by atoms with Gasteiger partial charge in [-0.15, -0.1) is 0 Å². The fourth-order valence-corrected chi connectivity index (χ4v) is 0.806. The molecule has 1 fully saturated rings. The van der Waals surface area contributed by atoms with Gasteiger partial charge in [-0.05, 0) is 19.3 Å². The fourth-order valence-electron chi connectivity index (χ4n) is 0.806. The van der Waals surface area contributed by atoms with Crippen LogP contribution in [0.3, 0.4) is 0 Å². The summed E-state index contributed by atoms with van der Waals surface area (Å²) < 4.78 is 4.76. The average Bonchev–Trinajstić information content (AvgIpc) is 2.18. The molecule has 1 saturated heterocycles. The highest BCUT2D eigenvalue weighted by atomic mass is 16.5. The molecule has 0 aliphatic carbocycles. The Morgan fingerprint density at radius 2 is 2.00 bits per heavy atom. The third kappa shape index (κ3) is 6.83. The van der Waals surface area contributed by atoms with Gasteiger partial charge in [0.15, 0.2) is 0 Å². The number of esters is 1. The molecule has 2 N–H and O–H groups in total. The van der Waals surface area contributed by atoms with Crippen molar-refractivity contribution in [3.05, 3.63) is 0 Å². The predicted molar refractivity (Wildman–Crippen MR) is 39.7 cm³/mol. The van der Waals surface area contributed by atoms with Crippen LogP contribution < -0.4 is 5.73 Å². The van der Waals surface area contributed by atoms with Crippen LogP contribution in [0.1, 0.15) is 25.7 Å². The molecule has 4 nitrogen and oxygen atoms in total. The lowest BCUT2D eigenvalue weighted by Gasteiger charge is -1.93. The summed E-state index contributed by atoms with van der Waals surface area (Å²) in [4.78, 5) is 19.0. The highest BCUT2D eigenvalue weighted by Crippen LogP contribution is 2.06. The SMILES string of the molecule is NC=O.O=C1CCCCCO1. The summed E-state index contributed by atoms with van der Waals surface area (Å²) in [6, 6.07) is 0. The van der Waals surface area contributed by atoms with Crippen molar-refractivity contribution in [1.29, 1.82) is 0 Å². The zero-order valence-corrected chi connectivity index (χ0v) is 6.41. The maximum Gasteiger partial charge on any atom is 0.305 e. The first-order valence-electron chi connectivity index (χ1n) is 3.62. The predicted octanol–water partition coefficient (Wildman–Crippen LogP) is 0.205. The summed E-state index contributed by atoms with van der Waals surface area (Å²) in [5.41, 5.74) is 4.17. The lowest BCUT2D eigenvalue weighted by Crippen LogP contribution is -2.00. The first-order chi connectivity index (χ1) is 5.31. The highest BCUT2D eigenvalue weighted by Gasteiger charge is 2.05. The van der Waals surface area contributed by atoms with Crippen LogP contribution in [0, 0.1) is 0 Å². The van der Waals surface area contributed by atoms with E-state index in [2.05, 4.69) is 5.73 Å². The molecule has 0 bridgehead atoms. The van der Waals surface area contributed by atoms with Gasteiger partial charge in [0.1, 0.15) is 0 Å². The van der Waals surface area contributed by atoms with E-state index in [1.807, 2.05) is 0 Å². The largest absolute Gasteiger partial charge is 0.466 e. The quantitative estimate of drug-likeness (QED) is 0.405. The van der Waals surface area contributed by atoms with Crippen LogP contribution in [0.25, 0.3) is 0 Å². The molecule has 0 aromatic heterocycles. The van der Waals surface area contributed by atoms with Gasteiger partial charge in [-0.3, -0.25) is 9.59 Å². The van der Waals surface area contributed by atoms with E-state index in [1.54, 1.807) is 0 Å². The summed E-state index contributed by atoms with van der Waals surface area (Å²) >= 11 is 0. The van der Waals surface area contributed by atoms with Crippen LogP contribution in [0.4, 0.5) is 0 Å². The molecular weight excluding hydrogens is 146 g/mol. The van der Waals surface area contributed by atoms with Crippen molar-refractivity contribution in [2.24, 2.45) is 5.73 Å². The summed E-state index contributed by atoms with van der Waals surface area (Å²) in [5.74, 6) is -0.0255. The van der Waals surface area contributed by atoms with Gasteiger partial charge in [-0.1, -0.05) is 0 Å². The van der Waals surface area contributed by atoms with E-state index >= 15 is 0 Å². The van der Waals surface area contributed by atoms with Gasteiger partial charge in [0, 0.05) is 6.42 Å². The van der Waals surface area contributed by atoms with Crippen LogP contribution in [0.15, 0.2) is 0 Å². The van der Waals surface area contributed by atoms with E-state index in [9.17, 15) is 4.79 Å². The second kappa shape index (κ2) is 7.05. The zero-order chi connectivity index (χ0) is 8.53. The Labute approximate surface area is 65.7 Å². The Hall–Kier alpha value is -1.06. The summed E-state index contributed by atoms with van der Waals surface area (Å²) in [6.07, 6.45) is 4.08. The van der Waals surface area contributed by atoms with Crippen LogP contribution in [0.2, 0.25) is 0 Å². The minimum absolute atomic E-state index is 0.0255. The highest BCUT2D eigenvalue weighted by molar-refractivity contribution is 5.69. The van der Waals surface area contributed by atoms with E-state index in [-0.39, 0.29) is 12.4 Å². The number of cyclic esters (lactones) is 1. The smallest absolute Gasteiger partial charge is 0.305 e. The number of carbonyl (C=O) groups is 2. The molecule has 0 aromatic carbocycles. The molecule has 64 valence electrons. The van der Waals surface area contributed by atoms with Crippen molar-refractivity contribution in [2.75, 3.05) is 6.61 Å². The molecular formula is C7H13NO3. The molecule has 0 unspecified atom stereocenters. The number of hydrogen-bond donors (Lipinski definition) is 1. The van der Waals surface area contributed by atoms with Gasteiger partial charge in [-0.25, -0.2) is 0 Å². The Bertz CT molecular complexity index is 115. The molecule has 0 radical (unpaired) electrons. The monoisotopic (exact) mass is 159 g/mol. The molecule has 0 aromatic rings. The number of ether oxygens (including phenoxy) is 1. The van der Waals surface area contributed by atoms with E-state index in [4.69, 9.17) is 9.53 Å². The summed E-state index contributed by atoms with van der Waals surface area (Å²) in [6.45, 7) is 0.638. The number of carbonyl (C=O) groups excluding carboxylic acids is 2. The summed E-state index contributed by atoms with van der Waals surface area (Å²) in [7, 11) is 0. The van der Waals surface area contributed by atoms with Crippen molar-refractivity contribution in [3.63, 3.8) is 0 Å². The molecule has 1 amide bonds. The van der Waals surface area contributed by atoms with E-state index in [0.29, 0.717) is 13.0 Å². The molecule has 4 heteroatoms. The Balaban J connectivity index is 0.000000292. The van der Waals surface area contributed by atoms with Crippen LogP contribution in [-0.4, -0.2) is 19.0 Å². The van der Waals surface area contributed by atoms with Gasteiger partial charge < -0.3 is 10.5 Å². The minimum atomic E-state index is -0.0255. The third-order valence-corrected chi connectivity index (χ3v) is 1.29. The standard InChI is InChI=1S/C6H10O2.CH3NO/c7-6-4-2-1-3-5-8-6;2-1-3/h1-5H2;1H,(H2,2,3). The maximum atomic E-state index is 10.5. The van der Waals surface area contributed by atoms with Crippen molar-refractivity contribution < 1.29 is 14.3 Å². The van der Waals surface area contributed by atoms with Crippen molar-refractivity contribution in [2.45, 2.75) is 25.7 Å². The number of rotatable bonds is 0. The number of amides is 1. The first kappa shape index (κ1) is 9.94. The molecule has 0 saturated carbocycles. The average molecular weight is 159 g/mol. The maximum absolute atomic E-state index is 10.5. The Morgan fingerprint density at radius 1 is 1.36 bits per heavy atom. The first-order valence-corrected chi connectivity index (χ1v) is 3.62. The topological polar surface area (TPSA) is 69.4 Å². The van der Waals surface area contributed by atoms with Gasteiger partial charge >= 0.3 is 5.97 Å². The lowest BCUT2D eigenvalue weighted by atomic mass is 10.2. The number of nitrogens with two attached hydrogens (primary N) is 1. The third-order valence-electron chi connectivity index (χ3n) is 1.29. The molecule has 11 heavy (non-hydrogen) atoms.